The molecule has 104 valence electrons. The fraction of sp³-hybridized carbons (Fsp3) is 0.571. The Labute approximate surface area is 113 Å². The predicted molar refractivity (Wildman–Crippen MR) is 72.7 cm³/mol. The summed E-state index contributed by atoms with van der Waals surface area (Å²) in [5.74, 6) is -0.306. The predicted octanol–water partition coefficient (Wildman–Crippen LogP) is 2.32. The van der Waals surface area contributed by atoms with Gasteiger partial charge in [0.25, 0.3) is 0 Å². The summed E-state index contributed by atoms with van der Waals surface area (Å²) in [5.41, 5.74) is 1.06. The van der Waals surface area contributed by atoms with E-state index in [0.717, 1.165) is 31.6 Å². The van der Waals surface area contributed by atoms with Gasteiger partial charge in [-0.2, -0.15) is 0 Å². The zero-order valence-corrected chi connectivity index (χ0v) is 11.2. The molecule has 1 aromatic heterocycles. The molecule has 19 heavy (non-hydrogen) atoms. The molecule has 0 aromatic carbocycles. The molecule has 1 aliphatic heterocycles. The fourth-order valence-corrected chi connectivity index (χ4v) is 2.17. The molecule has 0 aliphatic carbocycles. The first-order chi connectivity index (χ1) is 9.19. The standard InChI is InChI=1S/C14H20N2O3/c1-2-11-7-10(14(17)18)8-13(16-11)15-9-12-5-3-4-6-19-12/h7-8,12H,2-6,9H2,1H3,(H,15,16)(H,17,18). The number of nitrogens with zero attached hydrogens (tertiary/aromatic N) is 1. The van der Waals surface area contributed by atoms with Gasteiger partial charge in [0.1, 0.15) is 5.82 Å². The number of rotatable bonds is 5. The van der Waals surface area contributed by atoms with Crippen molar-refractivity contribution < 1.29 is 14.6 Å². The first-order valence-electron chi connectivity index (χ1n) is 6.78. The maximum atomic E-state index is 11.0. The van der Waals surface area contributed by atoms with Crippen LogP contribution < -0.4 is 5.32 Å². The minimum Gasteiger partial charge on any atom is -0.478 e. The van der Waals surface area contributed by atoms with Gasteiger partial charge in [-0.1, -0.05) is 6.92 Å². The third-order valence-electron chi connectivity index (χ3n) is 3.27. The van der Waals surface area contributed by atoms with Crippen molar-refractivity contribution in [3.05, 3.63) is 23.4 Å². The molecule has 0 amide bonds. The second-order valence-corrected chi connectivity index (χ2v) is 4.76. The van der Waals surface area contributed by atoms with Crippen LogP contribution in [0.2, 0.25) is 0 Å². The van der Waals surface area contributed by atoms with E-state index in [4.69, 9.17) is 9.84 Å². The highest BCUT2D eigenvalue weighted by Crippen LogP contribution is 2.15. The molecule has 1 atom stereocenters. The van der Waals surface area contributed by atoms with Crippen LogP contribution in [0.25, 0.3) is 0 Å². The second-order valence-electron chi connectivity index (χ2n) is 4.76. The summed E-state index contributed by atoms with van der Waals surface area (Å²) in [6, 6.07) is 3.19. The van der Waals surface area contributed by atoms with E-state index in [1.54, 1.807) is 12.1 Å². The Bertz CT molecular complexity index is 442. The Morgan fingerprint density at radius 2 is 2.37 bits per heavy atom. The first-order valence-corrected chi connectivity index (χ1v) is 6.78. The molecule has 1 fully saturated rings. The van der Waals surface area contributed by atoms with Gasteiger partial charge in [-0.3, -0.25) is 0 Å². The van der Waals surface area contributed by atoms with Crippen LogP contribution in [-0.2, 0) is 11.2 Å². The quantitative estimate of drug-likeness (QED) is 0.854. The lowest BCUT2D eigenvalue weighted by molar-refractivity contribution is 0.0247. The highest BCUT2D eigenvalue weighted by Gasteiger charge is 2.14. The molecule has 0 spiro atoms. The Morgan fingerprint density at radius 1 is 1.53 bits per heavy atom. The maximum absolute atomic E-state index is 11.0. The molecule has 1 aromatic rings. The van der Waals surface area contributed by atoms with Crippen molar-refractivity contribution >= 4 is 11.8 Å². The van der Waals surface area contributed by atoms with E-state index in [-0.39, 0.29) is 11.7 Å². The maximum Gasteiger partial charge on any atom is 0.335 e. The van der Waals surface area contributed by atoms with Crippen LogP contribution in [0.4, 0.5) is 5.82 Å². The number of aromatic nitrogens is 1. The van der Waals surface area contributed by atoms with Crippen molar-refractivity contribution in [3.63, 3.8) is 0 Å². The van der Waals surface area contributed by atoms with Gasteiger partial charge in [0.05, 0.1) is 11.7 Å². The van der Waals surface area contributed by atoms with Gasteiger partial charge in [0.15, 0.2) is 0 Å². The third kappa shape index (κ3) is 3.92. The normalized spacial score (nSPS) is 19.1. The number of carboxylic acid groups (broad SMARTS) is 1. The topological polar surface area (TPSA) is 71.5 Å². The highest BCUT2D eigenvalue weighted by molar-refractivity contribution is 5.88. The number of anilines is 1. The van der Waals surface area contributed by atoms with E-state index >= 15 is 0 Å². The van der Waals surface area contributed by atoms with E-state index in [0.29, 0.717) is 12.4 Å². The molecule has 0 saturated carbocycles. The van der Waals surface area contributed by atoms with E-state index in [1.807, 2.05) is 6.92 Å². The molecule has 1 unspecified atom stereocenters. The van der Waals surface area contributed by atoms with E-state index in [9.17, 15) is 4.79 Å². The van der Waals surface area contributed by atoms with E-state index in [2.05, 4.69) is 10.3 Å². The SMILES string of the molecule is CCc1cc(C(=O)O)cc(NCC2CCCCO2)n1. The van der Waals surface area contributed by atoms with Crippen LogP contribution in [0.3, 0.4) is 0 Å². The molecular weight excluding hydrogens is 244 g/mol. The Balaban J connectivity index is 2.02. The molecule has 1 saturated heterocycles. The number of pyridine rings is 1. The van der Waals surface area contributed by atoms with Crippen molar-refractivity contribution in [2.45, 2.75) is 38.7 Å². The number of carbonyl (C=O) groups is 1. The third-order valence-corrected chi connectivity index (χ3v) is 3.27. The second kappa shape index (κ2) is 6.52. The highest BCUT2D eigenvalue weighted by atomic mass is 16.5. The average Bonchev–Trinajstić information content (AvgIpc) is 2.45. The summed E-state index contributed by atoms with van der Waals surface area (Å²) >= 11 is 0. The number of aromatic carboxylic acids is 1. The summed E-state index contributed by atoms with van der Waals surface area (Å²) in [7, 11) is 0. The number of carboxylic acids is 1. The van der Waals surface area contributed by atoms with Crippen molar-refractivity contribution in [1.82, 2.24) is 4.98 Å². The average molecular weight is 264 g/mol. The molecule has 0 bridgehead atoms. The molecule has 5 nitrogen and oxygen atoms in total. The number of ether oxygens (including phenoxy) is 1. The lowest BCUT2D eigenvalue weighted by atomic mass is 10.1. The molecule has 2 heterocycles. The van der Waals surface area contributed by atoms with Crippen molar-refractivity contribution in [3.8, 4) is 0 Å². The van der Waals surface area contributed by atoms with Gasteiger partial charge in [-0.15, -0.1) is 0 Å². The zero-order valence-electron chi connectivity index (χ0n) is 11.2. The van der Waals surface area contributed by atoms with Crippen LogP contribution in [0.1, 0.15) is 42.2 Å². The minimum absolute atomic E-state index is 0.203. The number of nitrogens with one attached hydrogen (secondary N) is 1. The summed E-state index contributed by atoms with van der Waals surface area (Å²) in [6.07, 6.45) is 4.29. The number of hydrogen-bond donors (Lipinski definition) is 2. The van der Waals surface area contributed by atoms with Crippen LogP contribution in [0.15, 0.2) is 12.1 Å². The first kappa shape index (κ1) is 13.8. The van der Waals surface area contributed by atoms with Gasteiger partial charge >= 0.3 is 5.97 Å². The fourth-order valence-electron chi connectivity index (χ4n) is 2.17. The summed E-state index contributed by atoms with van der Waals surface area (Å²) in [4.78, 5) is 15.4. The zero-order chi connectivity index (χ0) is 13.7. The molecule has 1 aliphatic rings. The Hall–Kier alpha value is -1.62. The smallest absolute Gasteiger partial charge is 0.335 e. The Morgan fingerprint density at radius 3 is 3.00 bits per heavy atom. The molecule has 2 rings (SSSR count). The van der Waals surface area contributed by atoms with Crippen LogP contribution in [0.5, 0.6) is 0 Å². The minimum atomic E-state index is -0.922. The van der Waals surface area contributed by atoms with Gasteiger partial charge in [-0.25, -0.2) is 9.78 Å². The van der Waals surface area contributed by atoms with Crippen LogP contribution >= 0.6 is 0 Å². The van der Waals surface area contributed by atoms with E-state index in [1.165, 1.54) is 6.42 Å². The summed E-state index contributed by atoms with van der Waals surface area (Å²) in [5, 5.41) is 12.3. The molecule has 0 radical (unpaired) electrons. The molecular formula is C14H20N2O3. The lowest BCUT2D eigenvalue weighted by Gasteiger charge is -2.23. The summed E-state index contributed by atoms with van der Waals surface area (Å²) in [6.45, 7) is 3.45. The van der Waals surface area contributed by atoms with Gasteiger partial charge in [-0.05, 0) is 37.8 Å². The Kier molecular flexibility index (Phi) is 4.74. The van der Waals surface area contributed by atoms with Crippen molar-refractivity contribution in [1.29, 1.82) is 0 Å². The monoisotopic (exact) mass is 264 g/mol. The molecule has 2 N–H and O–H groups in total. The van der Waals surface area contributed by atoms with Gasteiger partial charge < -0.3 is 15.2 Å². The van der Waals surface area contributed by atoms with Crippen LogP contribution in [-0.4, -0.2) is 35.3 Å². The van der Waals surface area contributed by atoms with Crippen LogP contribution in [0, 0.1) is 0 Å². The van der Waals surface area contributed by atoms with Gasteiger partial charge in [0, 0.05) is 18.8 Å². The van der Waals surface area contributed by atoms with Crippen molar-refractivity contribution in [2.24, 2.45) is 0 Å². The van der Waals surface area contributed by atoms with Gasteiger partial charge in [0.2, 0.25) is 0 Å². The van der Waals surface area contributed by atoms with E-state index < -0.39 is 5.97 Å². The number of aryl methyl sites for hydroxylation is 1. The largest absolute Gasteiger partial charge is 0.478 e. The van der Waals surface area contributed by atoms with Crippen molar-refractivity contribution in [2.75, 3.05) is 18.5 Å². The number of hydrogen-bond acceptors (Lipinski definition) is 4. The molecule has 5 heteroatoms. The lowest BCUT2D eigenvalue weighted by Crippen LogP contribution is -2.27. The summed E-state index contributed by atoms with van der Waals surface area (Å²) < 4.78 is 5.63.